The highest BCUT2D eigenvalue weighted by atomic mass is 79.9. The third kappa shape index (κ3) is 2.84. The van der Waals surface area contributed by atoms with E-state index in [1.807, 2.05) is 6.07 Å². The van der Waals surface area contributed by atoms with Crippen LogP contribution in [0.1, 0.15) is 24.3 Å². The van der Waals surface area contributed by atoms with Crippen molar-refractivity contribution >= 4 is 33.2 Å². The largest absolute Gasteiger partial charge is 0.380 e. The molecule has 20 heavy (non-hydrogen) atoms. The van der Waals surface area contributed by atoms with Crippen LogP contribution in [0.3, 0.4) is 0 Å². The number of anilines is 1. The molecule has 1 saturated carbocycles. The van der Waals surface area contributed by atoms with E-state index in [-0.39, 0.29) is 5.82 Å². The van der Waals surface area contributed by atoms with E-state index in [0.29, 0.717) is 22.7 Å². The Labute approximate surface area is 131 Å². The van der Waals surface area contributed by atoms with Gasteiger partial charge in [0.05, 0.1) is 5.69 Å². The lowest BCUT2D eigenvalue weighted by molar-refractivity contribution is 0.372. The summed E-state index contributed by atoms with van der Waals surface area (Å²) in [6.45, 7) is 0. The van der Waals surface area contributed by atoms with Crippen LogP contribution in [0.25, 0.3) is 0 Å². The Hall–Kier alpha value is -1.06. The number of hydrogen-bond acceptors (Lipinski definition) is 1. The maximum absolute atomic E-state index is 13.7. The van der Waals surface area contributed by atoms with Gasteiger partial charge in [-0.2, -0.15) is 0 Å². The molecule has 1 aliphatic rings. The quantitative estimate of drug-likeness (QED) is 0.756. The van der Waals surface area contributed by atoms with E-state index in [0.717, 1.165) is 17.3 Å². The molecule has 0 aliphatic heterocycles. The molecule has 0 heterocycles. The fraction of sp³-hybridized carbons (Fsp3) is 0.250. The standard InChI is InChI=1S/C16H14BrClFN/c17-14-4-2-1-3-13(14)10-7-12(8-10)20-16-6-5-11(18)9-15(16)19/h1-6,9-10,12,20H,7-8H2. The molecule has 1 N–H and O–H groups in total. The first-order valence-corrected chi connectivity index (χ1v) is 7.76. The lowest BCUT2D eigenvalue weighted by Gasteiger charge is -2.37. The van der Waals surface area contributed by atoms with Gasteiger partial charge in [-0.25, -0.2) is 4.39 Å². The molecule has 0 bridgehead atoms. The SMILES string of the molecule is Fc1cc(Cl)ccc1NC1CC(c2ccccc2Br)C1. The minimum atomic E-state index is -0.290. The molecule has 104 valence electrons. The molecule has 0 unspecified atom stereocenters. The van der Waals surface area contributed by atoms with E-state index in [1.54, 1.807) is 12.1 Å². The Kier molecular flexibility index (Phi) is 3.99. The minimum absolute atomic E-state index is 0.290. The monoisotopic (exact) mass is 353 g/mol. The van der Waals surface area contributed by atoms with Crippen LogP contribution in [0.5, 0.6) is 0 Å². The third-order valence-corrected chi connectivity index (χ3v) is 4.73. The molecule has 0 atom stereocenters. The lowest BCUT2D eigenvalue weighted by Crippen LogP contribution is -2.34. The lowest BCUT2D eigenvalue weighted by atomic mass is 9.76. The summed E-state index contributed by atoms with van der Waals surface area (Å²) >= 11 is 9.33. The van der Waals surface area contributed by atoms with Crippen molar-refractivity contribution in [1.29, 1.82) is 0 Å². The topological polar surface area (TPSA) is 12.0 Å². The van der Waals surface area contributed by atoms with Crippen LogP contribution in [0.15, 0.2) is 46.9 Å². The van der Waals surface area contributed by atoms with Crippen molar-refractivity contribution in [3.05, 3.63) is 63.3 Å². The van der Waals surface area contributed by atoms with Gasteiger partial charge in [0.1, 0.15) is 5.82 Å². The van der Waals surface area contributed by atoms with Gasteiger partial charge in [-0.05, 0) is 48.6 Å². The summed E-state index contributed by atoms with van der Waals surface area (Å²) in [6, 6.07) is 13.4. The molecule has 2 aromatic rings. The molecule has 1 aliphatic carbocycles. The summed E-state index contributed by atoms with van der Waals surface area (Å²) < 4.78 is 14.9. The number of rotatable bonds is 3. The van der Waals surface area contributed by atoms with Gasteiger partial charge in [-0.3, -0.25) is 0 Å². The van der Waals surface area contributed by atoms with E-state index in [9.17, 15) is 4.39 Å². The highest BCUT2D eigenvalue weighted by molar-refractivity contribution is 9.10. The summed E-state index contributed by atoms with van der Waals surface area (Å²) in [6.07, 6.45) is 2.04. The Morgan fingerprint density at radius 2 is 1.90 bits per heavy atom. The van der Waals surface area contributed by atoms with Crippen molar-refractivity contribution in [2.45, 2.75) is 24.8 Å². The molecule has 0 amide bonds. The van der Waals surface area contributed by atoms with Crippen LogP contribution >= 0.6 is 27.5 Å². The van der Waals surface area contributed by atoms with E-state index in [4.69, 9.17) is 11.6 Å². The van der Waals surface area contributed by atoms with Crippen LogP contribution in [0, 0.1) is 5.82 Å². The summed E-state index contributed by atoms with van der Waals surface area (Å²) in [5.41, 5.74) is 1.87. The molecule has 0 radical (unpaired) electrons. The fourth-order valence-corrected chi connectivity index (χ4v) is 3.39. The van der Waals surface area contributed by atoms with Gasteiger partial charge in [0, 0.05) is 15.5 Å². The van der Waals surface area contributed by atoms with Crippen molar-refractivity contribution in [3.8, 4) is 0 Å². The van der Waals surface area contributed by atoms with Gasteiger partial charge in [0.2, 0.25) is 0 Å². The molecular weight excluding hydrogens is 341 g/mol. The van der Waals surface area contributed by atoms with Crippen molar-refractivity contribution < 1.29 is 4.39 Å². The minimum Gasteiger partial charge on any atom is -0.380 e. The van der Waals surface area contributed by atoms with Crippen LogP contribution in [-0.2, 0) is 0 Å². The van der Waals surface area contributed by atoms with Crippen LogP contribution < -0.4 is 5.32 Å². The Morgan fingerprint density at radius 1 is 1.15 bits per heavy atom. The summed E-state index contributed by atoms with van der Waals surface area (Å²) in [5, 5.41) is 3.67. The molecule has 4 heteroatoms. The van der Waals surface area contributed by atoms with Gasteiger partial charge in [0.15, 0.2) is 0 Å². The zero-order valence-electron chi connectivity index (χ0n) is 10.7. The van der Waals surface area contributed by atoms with E-state index < -0.39 is 0 Å². The van der Waals surface area contributed by atoms with E-state index >= 15 is 0 Å². The molecular formula is C16H14BrClFN. The highest BCUT2D eigenvalue weighted by Crippen LogP contribution is 2.41. The van der Waals surface area contributed by atoms with Crippen molar-refractivity contribution in [3.63, 3.8) is 0 Å². The Morgan fingerprint density at radius 3 is 2.60 bits per heavy atom. The summed E-state index contributed by atoms with van der Waals surface area (Å²) in [4.78, 5) is 0. The predicted octanol–water partition coefficient (Wildman–Crippen LogP) is 5.60. The van der Waals surface area contributed by atoms with Crippen LogP contribution in [-0.4, -0.2) is 6.04 Å². The zero-order valence-corrected chi connectivity index (χ0v) is 13.1. The predicted molar refractivity (Wildman–Crippen MR) is 84.9 cm³/mol. The highest BCUT2D eigenvalue weighted by Gasteiger charge is 2.31. The molecule has 0 aromatic heterocycles. The Bertz CT molecular complexity index is 626. The fourth-order valence-electron chi connectivity index (χ4n) is 2.62. The maximum atomic E-state index is 13.7. The van der Waals surface area contributed by atoms with Gasteiger partial charge in [-0.1, -0.05) is 45.7 Å². The molecule has 2 aromatic carbocycles. The van der Waals surface area contributed by atoms with Gasteiger partial charge >= 0.3 is 0 Å². The second-order valence-electron chi connectivity index (χ2n) is 5.16. The number of halogens is 3. The second-order valence-corrected chi connectivity index (χ2v) is 6.45. The summed E-state index contributed by atoms with van der Waals surface area (Å²) in [7, 11) is 0. The number of hydrogen-bond donors (Lipinski definition) is 1. The first-order valence-electron chi connectivity index (χ1n) is 6.59. The molecule has 0 spiro atoms. The Balaban J connectivity index is 1.62. The van der Waals surface area contributed by atoms with Gasteiger partial charge in [0.25, 0.3) is 0 Å². The molecule has 1 fully saturated rings. The average molecular weight is 355 g/mol. The molecule has 3 rings (SSSR count). The van der Waals surface area contributed by atoms with Crippen molar-refractivity contribution in [2.75, 3.05) is 5.32 Å². The first-order chi connectivity index (χ1) is 9.63. The average Bonchev–Trinajstić information content (AvgIpc) is 2.37. The number of nitrogens with one attached hydrogen (secondary N) is 1. The van der Waals surface area contributed by atoms with Crippen molar-refractivity contribution in [2.24, 2.45) is 0 Å². The molecule has 1 nitrogen and oxygen atoms in total. The summed E-state index contributed by atoms with van der Waals surface area (Å²) in [5.74, 6) is 0.250. The van der Waals surface area contributed by atoms with Crippen LogP contribution in [0.2, 0.25) is 5.02 Å². The van der Waals surface area contributed by atoms with E-state index in [1.165, 1.54) is 11.6 Å². The first kappa shape index (κ1) is 13.9. The normalized spacial score (nSPS) is 21.4. The third-order valence-electron chi connectivity index (χ3n) is 3.77. The van der Waals surface area contributed by atoms with Gasteiger partial charge in [-0.15, -0.1) is 0 Å². The zero-order chi connectivity index (χ0) is 14.1. The molecule has 0 saturated heterocycles. The second kappa shape index (κ2) is 5.74. The van der Waals surface area contributed by atoms with E-state index in [2.05, 4.69) is 39.4 Å². The smallest absolute Gasteiger partial charge is 0.147 e. The number of benzene rings is 2. The van der Waals surface area contributed by atoms with Crippen molar-refractivity contribution in [1.82, 2.24) is 0 Å². The van der Waals surface area contributed by atoms with Gasteiger partial charge < -0.3 is 5.32 Å². The maximum Gasteiger partial charge on any atom is 0.147 e. The van der Waals surface area contributed by atoms with Crippen LogP contribution in [0.4, 0.5) is 10.1 Å².